The van der Waals surface area contributed by atoms with Crippen molar-refractivity contribution in [2.24, 2.45) is 22.7 Å². The van der Waals surface area contributed by atoms with Crippen molar-refractivity contribution in [2.75, 3.05) is 11.9 Å². The second-order valence-electron chi connectivity index (χ2n) is 13.8. The van der Waals surface area contributed by atoms with Gasteiger partial charge in [0.1, 0.15) is 18.2 Å². The zero-order valence-electron chi connectivity index (χ0n) is 22.2. The summed E-state index contributed by atoms with van der Waals surface area (Å²) in [5.41, 5.74) is 4.14. The Balaban J connectivity index is 1.33. The van der Waals surface area contributed by atoms with Gasteiger partial charge in [-0.3, -0.25) is 9.59 Å². The van der Waals surface area contributed by atoms with E-state index in [1.54, 1.807) is 0 Å². The van der Waals surface area contributed by atoms with Gasteiger partial charge in [-0.15, -0.1) is 0 Å². The van der Waals surface area contributed by atoms with Crippen LogP contribution < -0.4 is 5.32 Å². The highest BCUT2D eigenvalue weighted by Gasteiger charge is 2.66. The molecule has 4 heterocycles. The fraction of sp³-hybridized carbons (Fsp3) is 0.677. The van der Waals surface area contributed by atoms with Gasteiger partial charge < -0.3 is 15.1 Å². The number of allylic oxidation sites excluding steroid dienone is 1. The average molecular weight is 488 g/mol. The Bertz CT molecular complexity index is 1160. The number of rotatable bonds is 2. The number of anilines is 1. The Kier molecular flexibility index (Phi) is 4.69. The monoisotopic (exact) mass is 487 g/mol. The molecule has 5 fully saturated rings. The summed E-state index contributed by atoms with van der Waals surface area (Å²) in [4.78, 5) is 31.5. The molecule has 2 saturated carbocycles. The first kappa shape index (κ1) is 22.9. The van der Waals surface area contributed by atoms with Crippen molar-refractivity contribution < 1.29 is 9.59 Å². The number of benzene rings is 1. The molecule has 5 nitrogen and oxygen atoms in total. The molecular weight excluding hydrogens is 446 g/mol. The predicted octanol–water partition coefficient (Wildman–Crippen LogP) is 5.47. The number of amides is 2. The molecule has 1 aromatic carbocycles. The van der Waals surface area contributed by atoms with Crippen molar-refractivity contribution in [3.63, 3.8) is 0 Å². The molecule has 36 heavy (non-hydrogen) atoms. The Morgan fingerprint density at radius 1 is 1.03 bits per heavy atom. The van der Waals surface area contributed by atoms with E-state index in [-0.39, 0.29) is 40.9 Å². The Labute approximate surface area is 215 Å². The van der Waals surface area contributed by atoms with Gasteiger partial charge in [0.05, 0.1) is 0 Å². The molecule has 1 N–H and O–H groups in total. The standard InChI is InChI=1S/C31H41N3O2/c1-19-12-13-25-29(2,3)14-8-15-30(25,4)21(19)17-31-18-24-26(35)33-16-7-11-23(33)27(36)34(24)28(31)32-22-10-6-5-9-20(22)31/h5-6,9-10,21,23-25,28,32H,1,7-8,11-18H2,2-4H3/t21-,23-,24-,25-,28-,30+,31+/m0/s1. The minimum absolute atomic E-state index is 0.146. The first-order valence-corrected chi connectivity index (χ1v) is 14.3. The Morgan fingerprint density at radius 3 is 2.67 bits per heavy atom. The molecule has 6 aliphatic rings. The molecule has 0 bridgehead atoms. The van der Waals surface area contributed by atoms with Crippen LogP contribution in [0.15, 0.2) is 36.4 Å². The maximum absolute atomic E-state index is 13.9. The number of nitrogens with zero attached hydrogens (tertiary/aromatic N) is 2. The number of hydrogen-bond acceptors (Lipinski definition) is 3. The van der Waals surface area contributed by atoms with Crippen molar-refractivity contribution in [3.05, 3.63) is 42.0 Å². The lowest BCUT2D eigenvalue weighted by molar-refractivity contribution is -0.158. The van der Waals surface area contributed by atoms with Crippen LogP contribution in [0.25, 0.3) is 0 Å². The van der Waals surface area contributed by atoms with Crippen molar-refractivity contribution in [2.45, 2.75) is 102 Å². The molecule has 2 amide bonds. The molecule has 7 rings (SSSR count). The van der Waals surface area contributed by atoms with Crippen LogP contribution in [0.3, 0.4) is 0 Å². The van der Waals surface area contributed by atoms with E-state index in [2.05, 4.69) is 56.9 Å². The molecule has 0 radical (unpaired) electrons. The van der Waals surface area contributed by atoms with Gasteiger partial charge in [-0.1, -0.05) is 57.5 Å². The molecule has 1 aromatic rings. The van der Waals surface area contributed by atoms with E-state index >= 15 is 0 Å². The van der Waals surface area contributed by atoms with Crippen LogP contribution in [0, 0.1) is 22.7 Å². The Hall–Kier alpha value is -2.30. The van der Waals surface area contributed by atoms with Crippen molar-refractivity contribution in [1.29, 1.82) is 0 Å². The van der Waals surface area contributed by atoms with Gasteiger partial charge in [-0.25, -0.2) is 0 Å². The fourth-order valence-electron chi connectivity index (χ4n) is 10.1. The average Bonchev–Trinajstić information content (AvgIpc) is 3.52. The second kappa shape index (κ2) is 7.39. The number of carbonyl (C=O) groups excluding carboxylic acids is 2. The number of carbonyl (C=O) groups is 2. The molecule has 192 valence electrons. The molecule has 3 saturated heterocycles. The molecular formula is C31H41N3O2. The van der Waals surface area contributed by atoms with E-state index < -0.39 is 0 Å². The third-order valence-electron chi connectivity index (χ3n) is 11.7. The van der Waals surface area contributed by atoms with Crippen LogP contribution >= 0.6 is 0 Å². The van der Waals surface area contributed by atoms with E-state index in [1.807, 2.05) is 9.80 Å². The van der Waals surface area contributed by atoms with Gasteiger partial charge in [0.2, 0.25) is 11.8 Å². The summed E-state index contributed by atoms with van der Waals surface area (Å²) in [5, 5.41) is 3.78. The summed E-state index contributed by atoms with van der Waals surface area (Å²) in [7, 11) is 0. The lowest BCUT2D eigenvalue weighted by Gasteiger charge is -2.59. The number of fused-ring (bicyclic) bond motifs is 7. The number of para-hydroxylation sites is 1. The molecule has 4 aliphatic heterocycles. The van der Waals surface area contributed by atoms with Gasteiger partial charge in [0.15, 0.2) is 0 Å². The van der Waals surface area contributed by atoms with Crippen molar-refractivity contribution >= 4 is 17.5 Å². The van der Waals surface area contributed by atoms with Gasteiger partial charge in [-0.2, -0.15) is 0 Å². The highest BCUT2D eigenvalue weighted by atomic mass is 16.2. The summed E-state index contributed by atoms with van der Waals surface area (Å²) in [6, 6.07) is 8.02. The SMILES string of the molecule is C=C1CC[C@H]2C(C)(C)CCC[C@]2(C)[C@H]1C[C@]12C[C@H]3C(=O)N4CCC[C@H]4C(=O)N3[C@@H]1Nc1ccccc12. The molecule has 0 spiro atoms. The predicted molar refractivity (Wildman–Crippen MR) is 141 cm³/mol. The maximum Gasteiger partial charge on any atom is 0.247 e. The fourth-order valence-corrected chi connectivity index (χ4v) is 10.1. The van der Waals surface area contributed by atoms with Gasteiger partial charge in [-0.05, 0) is 85.7 Å². The van der Waals surface area contributed by atoms with Crippen LogP contribution in [-0.4, -0.2) is 46.4 Å². The van der Waals surface area contributed by atoms with E-state index in [0.717, 1.165) is 44.3 Å². The zero-order chi connectivity index (χ0) is 25.0. The van der Waals surface area contributed by atoms with Crippen molar-refractivity contribution in [3.8, 4) is 0 Å². The highest BCUT2D eigenvalue weighted by molar-refractivity contribution is 5.99. The van der Waals surface area contributed by atoms with Crippen LogP contribution in [0.4, 0.5) is 5.69 Å². The summed E-state index contributed by atoms with van der Waals surface area (Å²) in [6.07, 6.45) is 9.47. The normalized spacial score (nSPS) is 42.4. The lowest BCUT2D eigenvalue weighted by Crippen LogP contribution is -2.63. The van der Waals surface area contributed by atoms with E-state index in [1.165, 1.54) is 36.8 Å². The maximum atomic E-state index is 13.9. The van der Waals surface area contributed by atoms with Crippen LogP contribution in [0.5, 0.6) is 0 Å². The van der Waals surface area contributed by atoms with Crippen LogP contribution in [0.1, 0.15) is 84.1 Å². The molecule has 0 unspecified atom stereocenters. The molecule has 7 atom stereocenters. The van der Waals surface area contributed by atoms with Crippen LogP contribution in [-0.2, 0) is 15.0 Å². The van der Waals surface area contributed by atoms with E-state index in [9.17, 15) is 9.59 Å². The van der Waals surface area contributed by atoms with Crippen LogP contribution in [0.2, 0.25) is 0 Å². The summed E-state index contributed by atoms with van der Waals surface area (Å²) >= 11 is 0. The second-order valence-corrected chi connectivity index (χ2v) is 13.8. The van der Waals surface area contributed by atoms with Gasteiger partial charge in [0.25, 0.3) is 0 Å². The van der Waals surface area contributed by atoms with E-state index in [4.69, 9.17) is 0 Å². The summed E-state index contributed by atoms with van der Waals surface area (Å²) < 4.78 is 0. The summed E-state index contributed by atoms with van der Waals surface area (Å²) in [5.74, 6) is 1.43. The third kappa shape index (κ3) is 2.78. The topological polar surface area (TPSA) is 52.7 Å². The number of hydrogen-bond donors (Lipinski definition) is 1. The molecule has 2 aliphatic carbocycles. The first-order chi connectivity index (χ1) is 17.2. The molecule has 0 aromatic heterocycles. The minimum atomic E-state index is -0.346. The quantitative estimate of drug-likeness (QED) is 0.563. The lowest BCUT2D eigenvalue weighted by atomic mass is 9.46. The first-order valence-electron chi connectivity index (χ1n) is 14.3. The van der Waals surface area contributed by atoms with E-state index in [0.29, 0.717) is 17.3 Å². The van der Waals surface area contributed by atoms with Crippen molar-refractivity contribution in [1.82, 2.24) is 9.80 Å². The van der Waals surface area contributed by atoms with Gasteiger partial charge in [0, 0.05) is 17.6 Å². The highest BCUT2D eigenvalue weighted by Crippen LogP contribution is 2.65. The Morgan fingerprint density at radius 2 is 1.83 bits per heavy atom. The summed E-state index contributed by atoms with van der Waals surface area (Å²) in [6.45, 7) is 12.9. The van der Waals surface area contributed by atoms with Gasteiger partial charge >= 0.3 is 0 Å². The smallest absolute Gasteiger partial charge is 0.247 e. The third-order valence-corrected chi connectivity index (χ3v) is 11.7. The zero-order valence-corrected chi connectivity index (χ0v) is 22.2. The number of nitrogens with one attached hydrogen (secondary N) is 1. The largest absolute Gasteiger partial charge is 0.364 e. The minimum Gasteiger partial charge on any atom is -0.364 e. The molecule has 5 heteroatoms. The number of piperazine rings is 1.